The Balaban J connectivity index is 2.72. The molecule has 9 heteroatoms. The number of hydrogen-bond acceptors (Lipinski definition) is 5. The summed E-state index contributed by atoms with van der Waals surface area (Å²) in [6.07, 6.45) is 1.23. The highest BCUT2D eigenvalue weighted by Crippen LogP contribution is 2.26. The molecular weight excluding hydrogens is 268 g/mol. The van der Waals surface area contributed by atoms with Crippen molar-refractivity contribution >= 4 is 17.6 Å². The molecule has 0 bridgehead atoms. The zero-order valence-electron chi connectivity index (χ0n) is 9.89. The van der Waals surface area contributed by atoms with E-state index >= 15 is 0 Å². The SMILES string of the molecule is NC(=O)c1ccn(-c2c(C(=O)O)cccc2[N+](=O)[O-])n1. The summed E-state index contributed by atoms with van der Waals surface area (Å²) in [5.41, 5.74) is 3.92. The number of carbonyl (C=O) groups excluding carboxylic acids is 1. The summed E-state index contributed by atoms with van der Waals surface area (Å²) < 4.78 is 0.946. The van der Waals surface area contributed by atoms with Crippen LogP contribution in [0.15, 0.2) is 30.5 Å². The fraction of sp³-hybridized carbons (Fsp3) is 0. The summed E-state index contributed by atoms with van der Waals surface area (Å²) in [5.74, 6) is -2.17. The van der Waals surface area contributed by atoms with Gasteiger partial charge in [-0.3, -0.25) is 14.9 Å². The van der Waals surface area contributed by atoms with Crippen molar-refractivity contribution in [1.29, 1.82) is 0 Å². The minimum atomic E-state index is -1.35. The van der Waals surface area contributed by atoms with E-state index in [1.807, 2.05) is 0 Å². The number of carbonyl (C=O) groups is 2. The predicted molar refractivity (Wildman–Crippen MR) is 65.7 cm³/mol. The van der Waals surface area contributed by atoms with Crippen LogP contribution in [-0.2, 0) is 0 Å². The van der Waals surface area contributed by atoms with Crippen LogP contribution in [0.2, 0.25) is 0 Å². The van der Waals surface area contributed by atoms with Crippen LogP contribution in [0.25, 0.3) is 5.69 Å². The minimum absolute atomic E-state index is 0.125. The summed E-state index contributed by atoms with van der Waals surface area (Å²) in [7, 11) is 0. The Bertz CT molecular complexity index is 689. The van der Waals surface area contributed by atoms with E-state index < -0.39 is 22.5 Å². The molecule has 1 aromatic carbocycles. The lowest BCUT2D eigenvalue weighted by Gasteiger charge is -2.06. The highest BCUT2D eigenvalue weighted by Gasteiger charge is 2.24. The number of nitro groups is 1. The molecule has 102 valence electrons. The first-order valence-corrected chi connectivity index (χ1v) is 5.28. The van der Waals surface area contributed by atoms with Crippen molar-refractivity contribution in [2.45, 2.75) is 0 Å². The third-order valence-electron chi connectivity index (χ3n) is 2.51. The van der Waals surface area contributed by atoms with Crippen molar-refractivity contribution in [3.05, 3.63) is 51.8 Å². The number of carboxylic acids is 1. The van der Waals surface area contributed by atoms with Crippen molar-refractivity contribution in [2.24, 2.45) is 5.73 Å². The summed E-state index contributed by atoms with van der Waals surface area (Å²) in [4.78, 5) is 32.4. The molecule has 0 spiro atoms. The maximum atomic E-state index is 11.2. The molecule has 0 aliphatic rings. The zero-order chi connectivity index (χ0) is 14.9. The maximum Gasteiger partial charge on any atom is 0.338 e. The van der Waals surface area contributed by atoms with E-state index in [1.54, 1.807) is 0 Å². The van der Waals surface area contributed by atoms with Gasteiger partial charge in [0.2, 0.25) is 0 Å². The standard InChI is InChI=1S/C11H8N4O5/c12-10(16)7-4-5-14(13-7)9-6(11(17)18)2-1-3-8(9)15(19)20/h1-5H,(H2,12,16)(H,17,18). The van der Waals surface area contributed by atoms with Gasteiger partial charge in [0.15, 0.2) is 5.69 Å². The molecule has 20 heavy (non-hydrogen) atoms. The number of carboxylic acid groups (broad SMARTS) is 1. The van der Waals surface area contributed by atoms with Crippen LogP contribution in [0.4, 0.5) is 5.69 Å². The van der Waals surface area contributed by atoms with E-state index in [0.717, 1.165) is 10.7 Å². The molecule has 0 saturated heterocycles. The van der Waals surface area contributed by atoms with Crippen molar-refractivity contribution < 1.29 is 19.6 Å². The van der Waals surface area contributed by atoms with E-state index in [-0.39, 0.29) is 16.9 Å². The molecule has 1 aromatic heterocycles. The Labute approximate surface area is 111 Å². The third-order valence-corrected chi connectivity index (χ3v) is 2.51. The van der Waals surface area contributed by atoms with Crippen LogP contribution in [-0.4, -0.2) is 31.7 Å². The van der Waals surface area contributed by atoms with E-state index in [0.29, 0.717) is 0 Å². The Hall–Kier alpha value is -3.23. The van der Waals surface area contributed by atoms with E-state index in [1.165, 1.54) is 24.4 Å². The molecule has 3 N–H and O–H groups in total. The lowest BCUT2D eigenvalue weighted by Crippen LogP contribution is -2.13. The van der Waals surface area contributed by atoms with Gasteiger partial charge in [-0.1, -0.05) is 6.07 Å². The van der Waals surface area contributed by atoms with Gasteiger partial charge in [-0.2, -0.15) is 5.10 Å². The minimum Gasteiger partial charge on any atom is -0.478 e. The van der Waals surface area contributed by atoms with Gasteiger partial charge in [-0.15, -0.1) is 0 Å². The number of hydrogen-bond donors (Lipinski definition) is 2. The molecular formula is C11H8N4O5. The largest absolute Gasteiger partial charge is 0.478 e. The molecule has 0 radical (unpaired) electrons. The van der Waals surface area contributed by atoms with Gasteiger partial charge in [0.1, 0.15) is 5.69 Å². The van der Waals surface area contributed by atoms with Gasteiger partial charge < -0.3 is 10.8 Å². The van der Waals surface area contributed by atoms with Crippen LogP contribution >= 0.6 is 0 Å². The summed E-state index contributed by atoms with van der Waals surface area (Å²) in [6.45, 7) is 0. The molecule has 0 atom stereocenters. The van der Waals surface area contributed by atoms with Crippen molar-refractivity contribution in [2.75, 3.05) is 0 Å². The summed E-state index contributed by atoms with van der Waals surface area (Å²) in [6, 6.07) is 4.85. The average molecular weight is 276 g/mol. The number of nitro benzene ring substituents is 1. The van der Waals surface area contributed by atoms with Gasteiger partial charge in [-0.05, 0) is 12.1 Å². The van der Waals surface area contributed by atoms with E-state index in [2.05, 4.69) is 5.10 Å². The van der Waals surface area contributed by atoms with Gasteiger partial charge in [0.25, 0.3) is 11.6 Å². The van der Waals surface area contributed by atoms with Crippen LogP contribution < -0.4 is 5.73 Å². The first kappa shape index (κ1) is 13.2. The Morgan fingerprint density at radius 2 is 2.05 bits per heavy atom. The first-order valence-electron chi connectivity index (χ1n) is 5.28. The number of nitrogens with two attached hydrogens (primary N) is 1. The molecule has 0 fully saturated rings. The quantitative estimate of drug-likeness (QED) is 0.617. The highest BCUT2D eigenvalue weighted by atomic mass is 16.6. The topological polar surface area (TPSA) is 141 Å². The zero-order valence-corrected chi connectivity index (χ0v) is 9.89. The predicted octanol–water partition coefficient (Wildman–Crippen LogP) is 0.578. The lowest BCUT2D eigenvalue weighted by atomic mass is 10.1. The Morgan fingerprint density at radius 1 is 1.35 bits per heavy atom. The fourth-order valence-corrected chi connectivity index (χ4v) is 1.67. The van der Waals surface area contributed by atoms with Crippen LogP contribution in [0, 0.1) is 10.1 Å². The third kappa shape index (κ3) is 2.19. The number of para-hydroxylation sites is 1. The number of aromatic nitrogens is 2. The van der Waals surface area contributed by atoms with Crippen LogP contribution in [0.3, 0.4) is 0 Å². The Kier molecular flexibility index (Phi) is 3.17. The second-order valence-corrected chi connectivity index (χ2v) is 3.75. The fourth-order valence-electron chi connectivity index (χ4n) is 1.67. The van der Waals surface area contributed by atoms with Gasteiger partial charge in [0.05, 0.1) is 10.5 Å². The van der Waals surface area contributed by atoms with Gasteiger partial charge in [0, 0.05) is 12.3 Å². The van der Waals surface area contributed by atoms with Gasteiger partial charge in [-0.25, -0.2) is 9.48 Å². The normalized spacial score (nSPS) is 10.2. The van der Waals surface area contributed by atoms with E-state index in [4.69, 9.17) is 10.8 Å². The molecule has 2 aromatic rings. The van der Waals surface area contributed by atoms with Crippen molar-refractivity contribution in [3.63, 3.8) is 0 Å². The summed E-state index contributed by atoms with van der Waals surface area (Å²) in [5, 5.41) is 23.8. The second kappa shape index (κ2) is 4.80. The highest BCUT2D eigenvalue weighted by molar-refractivity contribution is 5.94. The maximum absolute atomic E-state index is 11.2. The number of benzene rings is 1. The number of nitrogens with zero attached hydrogens (tertiary/aromatic N) is 3. The van der Waals surface area contributed by atoms with Crippen molar-refractivity contribution in [1.82, 2.24) is 9.78 Å². The monoisotopic (exact) mass is 276 g/mol. The molecule has 1 heterocycles. The number of primary amides is 1. The molecule has 0 aliphatic heterocycles. The summed E-state index contributed by atoms with van der Waals surface area (Å²) >= 11 is 0. The Morgan fingerprint density at radius 3 is 2.55 bits per heavy atom. The lowest BCUT2D eigenvalue weighted by molar-refractivity contribution is -0.384. The average Bonchev–Trinajstić information content (AvgIpc) is 2.87. The number of aromatic carboxylic acids is 1. The smallest absolute Gasteiger partial charge is 0.338 e. The number of amides is 1. The molecule has 0 unspecified atom stereocenters. The van der Waals surface area contributed by atoms with Crippen LogP contribution in [0.1, 0.15) is 20.8 Å². The van der Waals surface area contributed by atoms with E-state index in [9.17, 15) is 19.7 Å². The first-order chi connectivity index (χ1) is 9.41. The molecule has 9 nitrogen and oxygen atoms in total. The van der Waals surface area contributed by atoms with Gasteiger partial charge >= 0.3 is 5.97 Å². The second-order valence-electron chi connectivity index (χ2n) is 3.75. The molecule has 0 saturated carbocycles. The molecule has 2 rings (SSSR count). The van der Waals surface area contributed by atoms with Crippen LogP contribution in [0.5, 0.6) is 0 Å². The molecule has 0 aliphatic carbocycles. The van der Waals surface area contributed by atoms with Crippen molar-refractivity contribution in [3.8, 4) is 5.69 Å². The molecule has 1 amide bonds. The number of rotatable bonds is 4.